The van der Waals surface area contributed by atoms with Crippen molar-refractivity contribution in [2.45, 2.75) is 0 Å². The Morgan fingerprint density at radius 3 is 3.00 bits per heavy atom. The zero-order chi connectivity index (χ0) is 11.4. The molecule has 0 unspecified atom stereocenters. The van der Waals surface area contributed by atoms with Crippen LogP contribution >= 0.6 is 28.7 Å². The first kappa shape index (κ1) is 14.1. The van der Waals surface area contributed by atoms with Crippen LogP contribution in [-0.4, -0.2) is 30.2 Å². The maximum absolute atomic E-state index is 11.9. The number of halogens is 1. The summed E-state index contributed by atoms with van der Waals surface area (Å²) in [7, 11) is 1.60. The molecule has 1 aliphatic heterocycles. The van der Waals surface area contributed by atoms with E-state index in [2.05, 4.69) is 0 Å². The fourth-order valence-corrected chi connectivity index (χ4v) is 2.19. The molecule has 0 saturated heterocycles. The summed E-state index contributed by atoms with van der Waals surface area (Å²) < 4.78 is 5.09. The van der Waals surface area contributed by atoms with Crippen LogP contribution in [0.3, 0.4) is 0 Å². The molecule has 0 amide bonds. The van der Waals surface area contributed by atoms with Crippen molar-refractivity contribution >= 4 is 34.5 Å². The number of hydrogen-bond acceptors (Lipinski definition) is 4. The molecule has 0 bridgehead atoms. The number of ketones is 1. The van der Waals surface area contributed by atoms with Crippen molar-refractivity contribution in [1.29, 1.82) is 0 Å². The molecule has 0 saturated carbocycles. The molecule has 1 heterocycles. The lowest BCUT2D eigenvalue weighted by Gasteiger charge is -2.13. The standard InChI is InChI=1S/C12H13NO2S.BrH/c1-15-11-4-2-3-10(7-11)12(14)8-13-5-6-16-9-13;/h2-7H,8-9H2,1H3;1H. The van der Waals surface area contributed by atoms with Gasteiger partial charge >= 0.3 is 0 Å². The Labute approximate surface area is 116 Å². The highest BCUT2D eigenvalue weighted by Gasteiger charge is 2.12. The highest BCUT2D eigenvalue weighted by atomic mass is 79.9. The average Bonchev–Trinajstić information content (AvgIpc) is 2.82. The minimum absolute atomic E-state index is 0. The second kappa shape index (κ2) is 6.71. The lowest BCUT2D eigenvalue weighted by atomic mass is 10.1. The van der Waals surface area contributed by atoms with Crippen molar-refractivity contribution in [3.05, 3.63) is 41.4 Å². The molecule has 17 heavy (non-hydrogen) atoms. The number of Topliss-reactive ketones (excluding diaryl/α,β-unsaturated/α-hetero) is 1. The number of carbonyl (C=O) groups is 1. The summed E-state index contributed by atoms with van der Waals surface area (Å²) in [6, 6.07) is 7.26. The summed E-state index contributed by atoms with van der Waals surface area (Å²) in [5.41, 5.74) is 0.699. The van der Waals surface area contributed by atoms with E-state index in [4.69, 9.17) is 4.74 Å². The van der Waals surface area contributed by atoms with Gasteiger partial charge in [0.15, 0.2) is 5.78 Å². The van der Waals surface area contributed by atoms with E-state index in [1.807, 2.05) is 34.7 Å². The van der Waals surface area contributed by atoms with Gasteiger partial charge in [-0.2, -0.15) is 0 Å². The van der Waals surface area contributed by atoms with Crippen LogP contribution in [0.5, 0.6) is 5.75 Å². The van der Waals surface area contributed by atoms with Gasteiger partial charge in [-0.25, -0.2) is 0 Å². The molecule has 1 aromatic carbocycles. The summed E-state index contributed by atoms with van der Waals surface area (Å²) >= 11 is 1.70. The summed E-state index contributed by atoms with van der Waals surface area (Å²) in [4.78, 5) is 13.9. The van der Waals surface area contributed by atoms with Crippen molar-refractivity contribution in [3.8, 4) is 5.75 Å². The second-order valence-electron chi connectivity index (χ2n) is 3.48. The Morgan fingerprint density at radius 1 is 1.53 bits per heavy atom. The van der Waals surface area contributed by atoms with Crippen molar-refractivity contribution < 1.29 is 9.53 Å². The third-order valence-electron chi connectivity index (χ3n) is 2.35. The van der Waals surface area contributed by atoms with Gasteiger partial charge in [-0.3, -0.25) is 4.79 Å². The molecule has 5 heteroatoms. The molecule has 2 rings (SSSR count). The Kier molecular flexibility index (Phi) is 5.58. The first-order chi connectivity index (χ1) is 7.79. The van der Waals surface area contributed by atoms with E-state index in [9.17, 15) is 4.79 Å². The van der Waals surface area contributed by atoms with Gasteiger partial charge in [0.1, 0.15) is 5.75 Å². The smallest absolute Gasteiger partial charge is 0.182 e. The monoisotopic (exact) mass is 315 g/mol. The molecule has 1 aromatic rings. The maximum atomic E-state index is 11.9. The van der Waals surface area contributed by atoms with E-state index < -0.39 is 0 Å². The average molecular weight is 316 g/mol. The van der Waals surface area contributed by atoms with Crippen LogP contribution in [0.2, 0.25) is 0 Å². The van der Waals surface area contributed by atoms with Crippen molar-refractivity contribution in [2.24, 2.45) is 0 Å². The highest BCUT2D eigenvalue weighted by molar-refractivity contribution is 8.93. The molecule has 3 nitrogen and oxygen atoms in total. The molecular weight excluding hydrogens is 302 g/mol. The number of ether oxygens (including phenoxy) is 1. The van der Waals surface area contributed by atoms with Gasteiger partial charge in [0.25, 0.3) is 0 Å². The predicted molar refractivity (Wildman–Crippen MR) is 76.0 cm³/mol. The summed E-state index contributed by atoms with van der Waals surface area (Å²) in [6.45, 7) is 0.427. The number of nitrogens with zero attached hydrogens (tertiary/aromatic N) is 1. The van der Waals surface area contributed by atoms with Crippen LogP contribution in [0, 0.1) is 0 Å². The van der Waals surface area contributed by atoms with Crippen molar-refractivity contribution in [1.82, 2.24) is 4.90 Å². The van der Waals surface area contributed by atoms with E-state index in [1.54, 1.807) is 24.9 Å². The number of methoxy groups -OCH3 is 1. The quantitative estimate of drug-likeness (QED) is 0.799. The summed E-state index contributed by atoms with van der Waals surface area (Å²) in [6.07, 6.45) is 1.95. The molecule has 0 aromatic heterocycles. The fourth-order valence-electron chi connectivity index (χ4n) is 1.48. The van der Waals surface area contributed by atoms with Gasteiger partial charge in [-0.15, -0.1) is 28.7 Å². The van der Waals surface area contributed by atoms with Gasteiger partial charge in [-0.1, -0.05) is 12.1 Å². The minimum atomic E-state index is 0. The molecule has 1 aliphatic rings. The zero-order valence-electron chi connectivity index (χ0n) is 9.46. The van der Waals surface area contributed by atoms with Gasteiger partial charge in [-0.05, 0) is 17.5 Å². The van der Waals surface area contributed by atoms with E-state index in [0.29, 0.717) is 12.1 Å². The van der Waals surface area contributed by atoms with Gasteiger partial charge in [0.2, 0.25) is 0 Å². The minimum Gasteiger partial charge on any atom is -0.497 e. The Morgan fingerprint density at radius 2 is 2.35 bits per heavy atom. The normalized spacial score (nSPS) is 13.4. The van der Waals surface area contributed by atoms with Crippen molar-refractivity contribution in [3.63, 3.8) is 0 Å². The molecular formula is C12H14BrNO2S. The summed E-state index contributed by atoms with van der Waals surface area (Å²) in [5, 5.41) is 2.00. The largest absolute Gasteiger partial charge is 0.497 e. The fraction of sp³-hybridized carbons (Fsp3) is 0.250. The molecule has 0 atom stereocenters. The van der Waals surface area contributed by atoms with Crippen LogP contribution in [0.4, 0.5) is 0 Å². The third-order valence-corrected chi connectivity index (χ3v) is 3.14. The van der Waals surface area contributed by atoms with E-state index >= 15 is 0 Å². The van der Waals surface area contributed by atoms with E-state index in [-0.39, 0.29) is 22.8 Å². The summed E-state index contributed by atoms with van der Waals surface area (Å²) in [5.74, 6) is 1.69. The first-order valence-corrected chi connectivity index (χ1v) is 6.04. The zero-order valence-corrected chi connectivity index (χ0v) is 12.0. The molecule has 0 N–H and O–H groups in total. The lowest BCUT2D eigenvalue weighted by molar-refractivity contribution is 0.0963. The van der Waals surface area contributed by atoms with Crippen LogP contribution < -0.4 is 4.74 Å². The maximum Gasteiger partial charge on any atom is 0.182 e. The van der Waals surface area contributed by atoms with Gasteiger partial charge in [0.05, 0.1) is 19.5 Å². The Balaban J connectivity index is 0.00000144. The molecule has 0 radical (unpaired) electrons. The van der Waals surface area contributed by atoms with E-state index in [0.717, 1.165) is 11.6 Å². The molecule has 92 valence electrons. The van der Waals surface area contributed by atoms with E-state index in [1.165, 1.54) is 0 Å². The SMILES string of the molecule is Br.COc1cccc(C(=O)CN2C=CSC2)c1. The van der Waals surface area contributed by atoms with Crippen LogP contribution in [-0.2, 0) is 0 Å². The van der Waals surface area contributed by atoms with Crippen LogP contribution in [0.25, 0.3) is 0 Å². The molecule has 0 aliphatic carbocycles. The highest BCUT2D eigenvalue weighted by Crippen LogP contribution is 2.17. The van der Waals surface area contributed by atoms with Crippen LogP contribution in [0.15, 0.2) is 35.9 Å². The Bertz CT molecular complexity index is 423. The topological polar surface area (TPSA) is 29.5 Å². The number of thioether (sulfide) groups is 1. The third kappa shape index (κ3) is 3.78. The second-order valence-corrected chi connectivity index (χ2v) is 4.35. The number of benzene rings is 1. The van der Waals surface area contributed by atoms with Crippen LogP contribution in [0.1, 0.15) is 10.4 Å². The Hall–Kier alpha value is -0.940. The van der Waals surface area contributed by atoms with Gasteiger partial charge in [0, 0.05) is 11.8 Å². The van der Waals surface area contributed by atoms with Gasteiger partial charge < -0.3 is 9.64 Å². The first-order valence-electron chi connectivity index (χ1n) is 4.99. The van der Waals surface area contributed by atoms with Crippen molar-refractivity contribution in [2.75, 3.05) is 19.5 Å². The number of hydrogen-bond donors (Lipinski definition) is 0. The number of carbonyl (C=O) groups excluding carboxylic acids is 1. The number of rotatable bonds is 4. The predicted octanol–water partition coefficient (Wildman–Crippen LogP) is 2.93. The lowest BCUT2D eigenvalue weighted by Crippen LogP contribution is -2.22. The molecule has 0 fully saturated rings. The molecule has 0 spiro atoms.